The molecule has 6 nitrogen and oxygen atoms in total. The number of carbonyl (C=O) groups excluding carboxylic acids is 1. The van der Waals surface area contributed by atoms with Gasteiger partial charge in [-0.15, -0.1) is 11.8 Å². The number of carbonyl (C=O) groups is 1. The molecule has 0 saturated carbocycles. The predicted octanol–water partition coefficient (Wildman–Crippen LogP) is 3.61. The van der Waals surface area contributed by atoms with Gasteiger partial charge in [-0.2, -0.15) is 0 Å². The first-order chi connectivity index (χ1) is 14.0. The van der Waals surface area contributed by atoms with Crippen molar-refractivity contribution in [3.8, 4) is 11.5 Å². The highest BCUT2D eigenvalue weighted by Gasteiger charge is 2.17. The van der Waals surface area contributed by atoms with E-state index in [2.05, 4.69) is 4.98 Å². The van der Waals surface area contributed by atoms with Crippen LogP contribution < -0.4 is 11.5 Å². The van der Waals surface area contributed by atoms with Gasteiger partial charge in [-0.3, -0.25) is 4.79 Å². The highest BCUT2D eigenvalue weighted by Crippen LogP contribution is 2.36. The Kier molecular flexibility index (Phi) is 7.79. The standard InChI is InChI=1S/C20H23N3O3S3/c21-6-5-12-1-4-18(25)19(7-12)27-11-28-29-20(26)16(22)8-13-10-23-17-3-2-14(24)9-15(13)17/h1-4,7,9-10,16,23-25H,5-6,8,11,21-22H2. The van der Waals surface area contributed by atoms with Crippen LogP contribution in [-0.4, -0.2) is 38.0 Å². The summed E-state index contributed by atoms with van der Waals surface area (Å²) in [5, 5.41) is 21.0. The number of H-pyrrole nitrogens is 1. The maximum absolute atomic E-state index is 12.4. The minimum atomic E-state index is -0.639. The summed E-state index contributed by atoms with van der Waals surface area (Å²) >= 11 is 1.48. The molecule has 1 atom stereocenters. The van der Waals surface area contributed by atoms with Crippen molar-refractivity contribution >= 4 is 49.4 Å². The molecular formula is C20H23N3O3S3. The van der Waals surface area contributed by atoms with Crippen molar-refractivity contribution in [2.45, 2.75) is 23.8 Å². The van der Waals surface area contributed by atoms with Crippen molar-refractivity contribution in [3.63, 3.8) is 0 Å². The number of hydrogen-bond donors (Lipinski definition) is 5. The largest absolute Gasteiger partial charge is 0.508 e. The lowest BCUT2D eigenvalue weighted by Gasteiger charge is -2.10. The number of benzene rings is 2. The van der Waals surface area contributed by atoms with Gasteiger partial charge < -0.3 is 26.7 Å². The number of nitrogens with two attached hydrogens (primary N) is 2. The van der Waals surface area contributed by atoms with Gasteiger partial charge in [0.25, 0.3) is 0 Å². The molecular weight excluding hydrogens is 426 g/mol. The molecule has 0 radical (unpaired) electrons. The Morgan fingerprint density at radius 2 is 2.00 bits per heavy atom. The van der Waals surface area contributed by atoms with Crippen molar-refractivity contribution in [1.82, 2.24) is 4.98 Å². The quantitative estimate of drug-likeness (QED) is 0.145. The van der Waals surface area contributed by atoms with Crippen LogP contribution in [0.2, 0.25) is 0 Å². The fourth-order valence-corrected chi connectivity index (χ4v) is 6.14. The van der Waals surface area contributed by atoms with Crippen molar-refractivity contribution < 1.29 is 15.0 Å². The van der Waals surface area contributed by atoms with Gasteiger partial charge in [0.2, 0.25) is 5.12 Å². The first-order valence-corrected chi connectivity index (χ1v) is 12.3. The van der Waals surface area contributed by atoms with E-state index in [0.29, 0.717) is 18.1 Å². The number of phenolic OH excluding ortho intramolecular Hbond substituents is 2. The number of fused-ring (bicyclic) bond motifs is 1. The van der Waals surface area contributed by atoms with Gasteiger partial charge in [0.1, 0.15) is 11.5 Å². The number of aromatic amines is 1. The van der Waals surface area contributed by atoms with Crippen LogP contribution in [0.25, 0.3) is 10.9 Å². The number of aromatic hydroxyl groups is 2. The van der Waals surface area contributed by atoms with Crippen LogP contribution >= 0.6 is 33.3 Å². The average molecular weight is 450 g/mol. The van der Waals surface area contributed by atoms with E-state index in [9.17, 15) is 15.0 Å². The smallest absolute Gasteiger partial charge is 0.216 e. The second-order valence-electron chi connectivity index (χ2n) is 6.48. The molecule has 0 saturated heterocycles. The minimum absolute atomic E-state index is 0.105. The zero-order valence-electron chi connectivity index (χ0n) is 15.6. The van der Waals surface area contributed by atoms with Crippen LogP contribution in [0.3, 0.4) is 0 Å². The second kappa shape index (κ2) is 10.3. The van der Waals surface area contributed by atoms with Gasteiger partial charge in [-0.25, -0.2) is 0 Å². The molecule has 0 aliphatic heterocycles. The molecule has 2 aromatic carbocycles. The van der Waals surface area contributed by atoms with Gasteiger partial charge in [-0.1, -0.05) is 16.9 Å². The third-order valence-corrected chi connectivity index (χ3v) is 8.15. The van der Waals surface area contributed by atoms with E-state index >= 15 is 0 Å². The lowest BCUT2D eigenvalue weighted by atomic mass is 10.1. The summed E-state index contributed by atoms with van der Waals surface area (Å²) in [6.07, 6.45) is 2.97. The molecule has 0 bridgehead atoms. The number of phenols is 2. The lowest BCUT2D eigenvalue weighted by molar-refractivity contribution is -0.111. The zero-order valence-corrected chi connectivity index (χ0v) is 18.1. The molecule has 1 aromatic heterocycles. The van der Waals surface area contributed by atoms with E-state index in [0.717, 1.165) is 44.1 Å². The van der Waals surface area contributed by atoms with Crippen LogP contribution in [0, 0.1) is 0 Å². The van der Waals surface area contributed by atoms with Crippen LogP contribution in [0.5, 0.6) is 11.5 Å². The zero-order chi connectivity index (χ0) is 20.8. The Labute approximate surface area is 181 Å². The fourth-order valence-electron chi connectivity index (χ4n) is 2.88. The minimum Gasteiger partial charge on any atom is -0.508 e. The summed E-state index contributed by atoms with van der Waals surface area (Å²) < 4.78 is 0. The molecule has 3 rings (SSSR count). The molecule has 1 heterocycles. The van der Waals surface area contributed by atoms with Gasteiger partial charge in [0.05, 0.1) is 16.0 Å². The predicted molar refractivity (Wildman–Crippen MR) is 123 cm³/mol. The third-order valence-electron chi connectivity index (χ3n) is 4.35. The first kappa shape index (κ1) is 21.9. The fraction of sp³-hybridized carbons (Fsp3) is 0.250. The number of aromatic nitrogens is 1. The lowest BCUT2D eigenvalue weighted by Crippen LogP contribution is -2.30. The van der Waals surface area contributed by atoms with Gasteiger partial charge >= 0.3 is 0 Å². The van der Waals surface area contributed by atoms with Crippen molar-refractivity contribution in [2.75, 3.05) is 11.6 Å². The molecule has 0 spiro atoms. The summed E-state index contributed by atoms with van der Waals surface area (Å²) in [6.45, 7) is 0.557. The molecule has 154 valence electrons. The number of rotatable bonds is 9. The average Bonchev–Trinajstić information content (AvgIpc) is 3.09. The molecule has 0 amide bonds. The van der Waals surface area contributed by atoms with Crippen LogP contribution in [0.4, 0.5) is 0 Å². The molecule has 0 aliphatic rings. The topological polar surface area (TPSA) is 125 Å². The number of thioether (sulfide) groups is 1. The maximum Gasteiger partial charge on any atom is 0.216 e. The van der Waals surface area contributed by atoms with E-state index in [1.807, 2.05) is 18.3 Å². The van der Waals surface area contributed by atoms with Crippen LogP contribution in [0.15, 0.2) is 47.5 Å². The second-order valence-corrected chi connectivity index (χ2v) is 10.2. The van der Waals surface area contributed by atoms with E-state index in [1.165, 1.54) is 22.6 Å². The summed E-state index contributed by atoms with van der Waals surface area (Å²) in [6, 6.07) is 9.90. The van der Waals surface area contributed by atoms with Crippen molar-refractivity contribution in [1.29, 1.82) is 0 Å². The van der Waals surface area contributed by atoms with Gasteiger partial charge in [0.15, 0.2) is 0 Å². The molecule has 29 heavy (non-hydrogen) atoms. The molecule has 9 heteroatoms. The van der Waals surface area contributed by atoms with E-state index in [-0.39, 0.29) is 16.6 Å². The molecule has 7 N–H and O–H groups in total. The SMILES string of the molecule is NCCc1ccc(O)c(SCSSC(=O)C(N)Cc2c[nH]c3ccc(O)cc23)c1. The monoisotopic (exact) mass is 449 g/mol. The Bertz CT molecular complexity index is 994. The molecule has 3 aromatic rings. The number of hydrogen-bond acceptors (Lipinski definition) is 8. The van der Waals surface area contributed by atoms with Crippen molar-refractivity contribution in [3.05, 3.63) is 53.7 Å². The van der Waals surface area contributed by atoms with Crippen molar-refractivity contribution in [2.24, 2.45) is 11.5 Å². The van der Waals surface area contributed by atoms with E-state index in [4.69, 9.17) is 11.5 Å². The molecule has 1 unspecified atom stereocenters. The Morgan fingerprint density at radius 3 is 2.79 bits per heavy atom. The third kappa shape index (κ3) is 5.86. The molecule has 0 fully saturated rings. The summed E-state index contributed by atoms with van der Waals surface area (Å²) in [4.78, 5) is 16.3. The van der Waals surface area contributed by atoms with Crippen LogP contribution in [-0.2, 0) is 17.6 Å². The maximum atomic E-state index is 12.4. The Balaban J connectivity index is 1.49. The normalized spacial score (nSPS) is 12.3. The summed E-state index contributed by atoms with van der Waals surface area (Å²) in [7, 11) is 2.52. The van der Waals surface area contributed by atoms with Crippen LogP contribution in [0.1, 0.15) is 11.1 Å². The summed E-state index contributed by atoms with van der Waals surface area (Å²) in [5.41, 5.74) is 14.5. The van der Waals surface area contributed by atoms with E-state index < -0.39 is 6.04 Å². The van der Waals surface area contributed by atoms with E-state index in [1.54, 1.807) is 24.3 Å². The summed E-state index contributed by atoms with van der Waals surface area (Å²) in [5.74, 6) is 0.408. The van der Waals surface area contributed by atoms with Gasteiger partial charge in [0, 0.05) is 17.1 Å². The first-order valence-electron chi connectivity index (χ1n) is 9.00. The highest BCUT2D eigenvalue weighted by atomic mass is 33.1. The highest BCUT2D eigenvalue weighted by molar-refractivity contribution is 8.83. The Hall–Kier alpha value is -1.78. The number of nitrogens with one attached hydrogen (secondary N) is 1. The molecule has 0 aliphatic carbocycles. The Morgan fingerprint density at radius 1 is 1.17 bits per heavy atom. The van der Waals surface area contributed by atoms with Gasteiger partial charge in [-0.05, 0) is 71.6 Å².